The summed E-state index contributed by atoms with van der Waals surface area (Å²) in [6.07, 6.45) is 0.286. The van der Waals surface area contributed by atoms with Crippen molar-refractivity contribution in [3.05, 3.63) is 30.1 Å². The molecule has 1 saturated heterocycles. The number of benzene rings is 1. The van der Waals surface area contributed by atoms with E-state index in [4.69, 9.17) is 4.74 Å². The van der Waals surface area contributed by atoms with Crippen molar-refractivity contribution in [3.8, 4) is 0 Å². The van der Waals surface area contributed by atoms with Gasteiger partial charge in [-0.2, -0.15) is 0 Å². The molecule has 2 heterocycles. The molecule has 5 heteroatoms. The predicted molar refractivity (Wildman–Crippen MR) is 84.3 cm³/mol. The summed E-state index contributed by atoms with van der Waals surface area (Å²) < 4.78 is 7.96. The number of hydrogen-bond acceptors (Lipinski definition) is 4. The van der Waals surface area contributed by atoms with E-state index in [9.17, 15) is 0 Å². The van der Waals surface area contributed by atoms with Gasteiger partial charge in [0.05, 0.1) is 30.3 Å². The Bertz CT molecular complexity index is 595. The zero-order chi connectivity index (χ0) is 14.7. The quantitative estimate of drug-likeness (QED) is 0.903. The molecular weight excluding hydrogens is 264 g/mol. The van der Waals surface area contributed by atoms with Crippen LogP contribution in [-0.2, 0) is 18.3 Å². The summed E-state index contributed by atoms with van der Waals surface area (Å²) in [6.45, 7) is 7.87. The Morgan fingerprint density at radius 3 is 3.05 bits per heavy atom. The molecule has 1 unspecified atom stereocenters. The summed E-state index contributed by atoms with van der Waals surface area (Å²) in [7, 11) is 2.07. The number of aryl methyl sites for hydroxylation is 1. The highest BCUT2D eigenvalue weighted by Gasteiger charge is 2.18. The van der Waals surface area contributed by atoms with Gasteiger partial charge in [0.25, 0.3) is 0 Å². The molecule has 21 heavy (non-hydrogen) atoms. The molecule has 0 radical (unpaired) electrons. The summed E-state index contributed by atoms with van der Waals surface area (Å²) in [5.74, 6) is 1.07. The summed E-state index contributed by atoms with van der Waals surface area (Å²) in [5, 5.41) is 3.48. The molecule has 0 bridgehead atoms. The third kappa shape index (κ3) is 3.26. The second-order valence-corrected chi connectivity index (χ2v) is 5.59. The van der Waals surface area contributed by atoms with E-state index in [1.807, 2.05) is 6.07 Å². The highest BCUT2D eigenvalue weighted by atomic mass is 16.5. The lowest BCUT2D eigenvalue weighted by molar-refractivity contribution is -0.0254. The third-order valence-corrected chi connectivity index (χ3v) is 4.21. The van der Waals surface area contributed by atoms with Gasteiger partial charge >= 0.3 is 0 Å². The second-order valence-electron chi connectivity index (χ2n) is 5.59. The number of rotatable bonds is 5. The smallest absolute Gasteiger partial charge is 0.123 e. The molecule has 0 aliphatic carbocycles. The standard InChI is InChI=1S/C16H24N4O/c1-3-20-8-9-21-13(12-20)10-17-11-16-18-14-6-4-5-7-15(14)19(16)2/h4-7,13,17H,3,8-12H2,1-2H3. The molecule has 1 aromatic heterocycles. The molecule has 3 rings (SSSR count). The van der Waals surface area contributed by atoms with E-state index < -0.39 is 0 Å². The van der Waals surface area contributed by atoms with Gasteiger partial charge in [-0.3, -0.25) is 4.90 Å². The van der Waals surface area contributed by atoms with Crippen molar-refractivity contribution in [2.75, 3.05) is 32.8 Å². The fraction of sp³-hybridized carbons (Fsp3) is 0.562. The Kier molecular flexibility index (Phi) is 4.53. The highest BCUT2D eigenvalue weighted by molar-refractivity contribution is 5.75. The number of hydrogen-bond donors (Lipinski definition) is 1. The van der Waals surface area contributed by atoms with Gasteiger partial charge in [0.1, 0.15) is 5.82 Å². The first-order valence-corrected chi connectivity index (χ1v) is 7.73. The normalized spacial score (nSPS) is 20.2. The maximum absolute atomic E-state index is 5.81. The number of nitrogens with zero attached hydrogens (tertiary/aromatic N) is 3. The van der Waals surface area contributed by atoms with Crippen molar-refractivity contribution in [1.29, 1.82) is 0 Å². The van der Waals surface area contributed by atoms with Crippen LogP contribution in [0.5, 0.6) is 0 Å². The Hall–Kier alpha value is -1.43. The zero-order valence-corrected chi connectivity index (χ0v) is 12.9. The van der Waals surface area contributed by atoms with Gasteiger partial charge < -0.3 is 14.6 Å². The van der Waals surface area contributed by atoms with Crippen LogP contribution in [0.25, 0.3) is 11.0 Å². The maximum Gasteiger partial charge on any atom is 0.123 e. The maximum atomic E-state index is 5.81. The minimum absolute atomic E-state index is 0.286. The summed E-state index contributed by atoms with van der Waals surface area (Å²) in [4.78, 5) is 7.11. The number of aromatic nitrogens is 2. The minimum Gasteiger partial charge on any atom is -0.374 e. The monoisotopic (exact) mass is 288 g/mol. The number of fused-ring (bicyclic) bond motifs is 1. The molecule has 1 atom stereocenters. The molecule has 1 fully saturated rings. The van der Waals surface area contributed by atoms with Gasteiger partial charge in [-0.15, -0.1) is 0 Å². The van der Waals surface area contributed by atoms with Crippen molar-refractivity contribution in [1.82, 2.24) is 19.8 Å². The van der Waals surface area contributed by atoms with E-state index in [-0.39, 0.29) is 6.10 Å². The molecule has 0 spiro atoms. The lowest BCUT2D eigenvalue weighted by Gasteiger charge is -2.32. The van der Waals surface area contributed by atoms with Gasteiger partial charge in [-0.05, 0) is 18.7 Å². The van der Waals surface area contributed by atoms with E-state index in [0.717, 1.165) is 50.7 Å². The highest BCUT2D eigenvalue weighted by Crippen LogP contribution is 2.14. The molecule has 0 saturated carbocycles. The molecule has 0 amide bonds. The summed E-state index contributed by atoms with van der Waals surface area (Å²) in [5.41, 5.74) is 2.24. The van der Waals surface area contributed by atoms with Crippen molar-refractivity contribution >= 4 is 11.0 Å². The minimum atomic E-state index is 0.286. The van der Waals surface area contributed by atoms with Gasteiger partial charge in [0, 0.05) is 26.7 Å². The Labute approximate surface area is 125 Å². The van der Waals surface area contributed by atoms with Crippen LogP contribution in [0, 0.1) is 0 Å². The Morgan fingerprint density at radius 2 is 2.24 bits per heavy atom. The average Bonchev–Trinajstić information content (AvgIpc) is 2.84. The SMILES string of the molecule is CCN1CCOC(CNCc2nc3ccccc3n2C)C1. The molecular formula is C16H24N4O. The molecule has 1 N–H and O–H groups in total. The number of para-hydroxylation sites is 2. The van der Waals surface area contributed by atoms with Crippen LogP contribution in [0.3, 0.4) is 0 Å². The van der Waals surface area contributed by atoms with Crippen molar-refractivity contribution in [2.24, 2.45) is 7.05 Å². The van der Waals surface area contributed by atoms with Crippen LogP contribution in [-0.4, -0.2) is 53.3 Å². The van der Waals surface area contributed by atoms with Crippen LogP contribution >= 0.6 is 0 Å². The lowest BCUT2D eigenvalue weighted by atomic mass is 10.2. The number of nitrogens with one attached hydrogen (secondary N) is 1. The fourth-order valence-corrected chi connectivity index (χ4v) is 2.89. The first-order chi connectivity index (χ1) is 10.3. The van der Waals surface area contributed by atoms with Gasteiger partial charge in [-0.25, -0.2) is 4.98 Å². The van der Waals surface area contributed by atoms with Crippen molar-refractivity contribution in [3.63, 3.8) is 0 Å². The van der Waals surface area contributed by atoms with E-state index in [0.29, 0.717) is 0 Å². The summed E-state index contributed by atoms with van der Waals surface area (Å²) >= 11 is 0. The zero-order valence-electron chi connectivity index (χ0n) is 12.9. The molecule has 1 aliphatic heterocycles. The largest absolute Gasteiger partial charge is 0.374 e. The molecule has 1 aromatic carbocycles. The van der Waals surface area contributed by atoms with Crippen molar-refractivity contribution in [2.45, 2.75) is 19.6 Å². The number of likely N-dealkylation sites (N-methyl/N-ethyl adjacent to an activating group) is 1. The molecule has 2 aromatic rings. The summed E-state index contributed by atoms with van der Waals surface area (Å²) in [6, 6.07) is 8.25. The number of ether oxygens (including phenoxy) is 1. The predicted octanol–water partition coefficient (Wildman–Crippen LogP) is 1.38. The topological polar surface area (TPSA) is 42.3 Å². The first-order valence-electron chi connectivity index (χ1n) is 7.73. The number of imidazole rings is 1. The van der Waals surface area contributed by atoms with Crippen LogP contribution in [0.2, 0.25) is 0 Å². The Morgan fingerprint density at radius 1 is 1.38 bits per heavy atom. The average molecular weight is 288 g/mol. The first kappa shape index (κ1) is 14.5. The van der Waals surface area contributed by atoms with Gasteiger partial charge in [0.2, 0.25) is 0 Å². The van der Waals surface area contributed by atoms with E-state index >= 15 is 0 Å². The fourth-order valence-electron chi connectivity index (χ4n) is 2.89. The number of morpholine rings is 1. The van der Waals surface area contributed by atoms with Crippen LogP contribution in [0.4, 0.5) is 0 Å². The van der Waals surface area contributed by atoms with Gasteiger partial charge in [-0.1, -0.05) is 19.1 Å². The van der Waals surface area contributed by atoms with E-state index in [2.05, 4.69) is 51.9 Å². The van der Waals surface area contributed by atoms with Crippen LogP contribution in [0.1, 0.15) is 12.7 Å². The van der Waals surface area contributed by atoms with Crippen LogP contribution < -0.4 is 5.32 Å². The Balaban J connectivity index is 1.56. The molecule has 114 valence electrons. The van der Waals surface area contributed by atoms with Crippen molar-refractivity contribution < 1.29 is 4.74 Å². The third-order valence-electron chi connectivity index (χ3n) is 4.21. The second kappa shape index (κ2) is 6.56. The molecule has 5 nitrogen and oxygen atoms in total. The van der Waals surface area contributed by atoms with Crippen LogP contribution in [0.15, 0.2) is 24.3 Å². The van der Waals surface area contributed by atoms with E-state index in [1.54, 1.807) is 0 Å². The van der Waals surface area contributed by atoms with Gasteiger partial charge in [0.15, 0.2) is 0 Å². The molecule has 1 aliphatic rings. The van der Waals surface area contributed by atoms with E-state index in [1.165, 1.54) is 5.52 Å². The lowest BCUT2D eigenvalue weighted by Crippen LogP contribution is -2.46.